The molecule has 6 rings (SSSR count). The molecule has 2 aliphatic carbocycles. The van der Waals surface area contributed by atoms with Crippen LogP contribution in [0.3, 0.4) is 0 Å². The van der Waals surface area contributed by atoms with Gasteiger partial charge >= 0.3 is 5.97 Å². The van der Waals surface area contributed by atoms with Crippen molar-refractivity contribution in [1.82, 2.24) is 0 Å². The number of ether oxygens (including phenoxy) is 1. The lowest BCUT2D eigenvalue weighted by atomic mass is 9.49. The van der Waals surface area contributed by atoms with Crippen molar-refractivity contribution in [3.05, 3.63) is 107 Å². The average Bonchev–Trinajstić information content (AvgIpc) is 3.23. The number of rotatable bonds is 2. The fourth-order valence-corrected chi connectivity index (χ4v) is 8.28. The Morgan fingerprint density at radius 3 is 2.31 bits per heavy atom. The molecule has 1 saturated carbocycles. The molecule has 5 heteroatoms. The average molecular weight is 475 g/mol. The van der Waals surface area contributed by atoms with E-state index in [0.717, 1.165) is 27.2 Å². The van der Waals surface area contributed by atoms with Gasteiger partial charge in [0.05, 0.1) is 30.6 Å². The predicted octanol–water partition coefficient (Wildman–Crippen LogP) is 5.62. The van der Waals surface area contributed by atoms with Crippen molar-refractivity contribution in [3.8, 4) is 12.1 Å². The monoisotopic (exact) mass is 474 g/mol. The van der Waals surface area contributed by atoms with Gasteiger partial charge in [-0.15, -0.1) is 11.8 Å². The lowest BCUT2D eigenvalue weighted by Gasteiger charge is -2.51. The zero-order chi connectivity index (χ0) is 24.2. The molecule has 0 bridgehead atoms. The van der Waals surface area contributed by atoms with E-state index in [2.05, 4.69) is 24.3 Å². The molecule has 4 nitrogen and oxygen atoms in total. The van der Waals surface area contributed by atoms with Crippen LogP contribution >= 0.6 is 11.8 Å². The maximum absolute atomic E-state index is 13.6. The first-order valence-corrected chi connectivity index (χ1v) is 12.6. The van der Waals surface area contributed by atoms with E-state index < -0.39 is 16.7 Å². The van der Waals surface area contributed by atoms with Crippen molar-refractivity contribution in [2.45, 2.75) is 21.6 Å². The van der Waals surface area contributed by atoms with Crippen LogP contribution in [-0.2, 0) is 20.4 Å². The van der Waals surface area contributed by atoms with Gasteiger partial charge in [-0.05, 0) is 39.8 Å². The van der Waals surface area contributed by atoms with Crippen molar-refractivity contribution < 1.29 is 9.53 Å². The van der Waals surface area contributed by atoms with Gasteiger partial charge in [0.1, 0.15) is 0 Å². The molecule has 0 saturated heterocycles. The topological polar surface area (TPSA) is 73.9 Å². The highest BCUT2D eigenvalue weighted by Crippen LogP contribution is 2.71. The molecule has 3 aromatic carbocycles. The first-order chi connectivity index (χ1) is 17.1. The molecule has 35 heavy (non-hydrogen) atoms. The summed E-state index contributed by atoms with van der Waals surface area (Å²) in [6.45, 7) is 0. The van der Waals surface area contributed by atoms with Crippen LogP contribution in [0.2, 0.25) is 0 Å². The van der Waals surface area contributed by atoms with E-state index in [1.165, 1.54) is 7.11 Å². The van der Waals surface area contributed by atoms with Gasteiger partial charge in [0.2, 0.25) is 0 Å². The Bertz CT molecular complexity index is 1450. The van der Waals surface area contributed by atoms with Gasteiger partial charge in [0.15, 0.2) is 5.41 Å². The predicted molar refractivity (Wildman–Crippen MR) is 134 cm³/mol. The van der Waals surface area contributed by atoms with Gasteiger partial charge < -0.3 is 4.74 Å². The molecule has 1 fully saturated rings. The number of carbonyl (C=O) groups is 1. The minimum Gasteiger partial charge on any atom is -0.469 e. The Morgan fingerprint density at radius 1 is 0.943 bits per heavy atom. The molecule has 170 valence electrons. The fraction of sp³-hybridized carbons (Fsp3) is 0.233. The maximum atomic E-state index is 13.6. The van der Waals surface area contributed by atoms with E-state index >= 15 is 0 Å². The number of esters is 1. The van der Waals surface area contributed by atoms with E-state index in [0.29, 0.717) is 11.3 Å². The molecule has 0 aromatic heterocycles. The SMILES string of the molecule is COC(=O)[C@@H]1C2=Cc3ccccc3C(C#N)(C#N)C23c2ccccc2SC[C@@H]3[C@H]1c1ccccc1. The minimum atomic E-state index is -1.49. The quantitative estimate of drug-likeness (QED) is 0.451. The van der Waals surface area contributed by atoms with Crippen molar-refractivity contribution in [2.24, 2.45) is 11.8 Å². The molecule has 1 unspecified atom stereocenters. The summed E-state index contributed by atoms with van der Waals surface area (Å²) in [5.74, 6) is -0.632. The van der Waals surface area contributed by atoms with Crippen LogP contribution in [0, 0.1) is 34.5 Å². The third kappa shape index (κ3) is 2.60. The largest absolute Gasteiger partial charge is 0.469 e. The second-order valence-corrected chi connectivity index (χ2v) is 10.4. The van der Waals surface area contributed by atoms with Crippen molar-refractivity contribution in [1.29, 1.82) is 10.5 Å². The van der Waals surface area contributed by atoms with E-state index in [1.54, 1.807) is 11.8 Å². The van der Waals surface area contributed by atoms with Crippen LogP contribution in [0.25, 0.3) is 6.08 Å². The Labute approximate surface area is 208 Å². The molecule has 4 atom stereocenters. The van der Waals surface area contributed by atoms with Gasteiger partial charge in [0, 0.05) is 16.6 Å². The second-order valence-electron chi connectivity index (χ2n) is 9.32. The summed E-state index contributed by atoms with van der Waals surface area (Å²) >= 11 is 1.74. The third-order valence-electron chi connectivity index (χ3n) is 8.11. The molecule has 0 radical (unpaired) electrons. The van der Waals surface area contributed by atoms with Crippen molar-refractivity contribution >= 4 is 23.8 Å². The van der Waals surface area contributed by atoms with E-state index in [1.807, 2.05) is 72.8 Å². The van der Waals surface area contributed by atoms with Gasteiger partial charge in [-0.1, -0.05) is 78.9 Å². The minimum absolute atomic E-state index is 0.159. The standard InChI is InChI=1S/C30H22N2O2S/c1-34-28(33)27-23-15-20-11-5-6-12-21(20)29(17-31,18-32)30(23)22-13-7-8-14-25(22)35-16-24(30)26(27)19-9-3-2-4-10-19/h2-15,24,26-27H,16H2,1H3/t24-,26-,27-,30?/m1/s1. The first kappa shape index (κ1) is 21.7. The van der Waals surface area contributed by atoms with Crippen molar-refractivity contribution in [2.75, 3.05) is 12.9 Å². The van der Waals surface area contributed by atoms with E-state index in [-0.39, 0.29) is 17.8 Å². The number of hydrogen-bond donors (Lipinski definition) is 0. The fourth-order valence-electron chi connectivity index (χ4n) is 6.90. The molecular weight excluding hydrogens is 452 g/mol. The summed E-state index contributed by atoms with van der Waals surface area (Å²) in [4.78, 5) is 14.6. The van der Waals surface area contributed by atoms with Crippen LogP contribution in [0.4, 0.5) is 0 Å². The molecule has 3 aromatic rings. The Morgan fingerprint density at radius 2 is 1.60 bits per heavy atom. The Balaban J connectivity index is 1.80. The number of hydrogen-bond acceptors (Lipinski definition) is 5. The highest BCUT2D eigenvalue weighted by Gasteiger charge is 2.72. The number of methoxy groups -OCH3 is 1. The lowest BCUT2D eigenvalue weighted by molar-refractivity contribution is -0.144. The summed E-state index contributed by atoms with van der Waals surface area (Å²) in [5, 5.41) is 21.8. The highest BCUT2D eigenvalue weighted by molar-refractivity contribution is 7.99. The van der Waals surface area contributed by atoms with Crippen molar-refractivity contribution in [3.63, 3.8) is 0 Å². The van der Waals surface area contributed by atoms with Crippen LogP contribution in [0.15, 0.2) is 89.3 Å². The zero-order valence-electron chi connectivity index (χ0n) is 19.1. The smallest absolute Gasteiger partial charge is 0.313 e. The van der Waals surface area contributed by atoms with Crippen LogP contribution in [0.5, 0.6) is 0 Å². The zero-order valence-corrected chi connectivity index (χ0v) is 20.0. The van der Waals surface area contributed by atoms with E-state index in [4.69, 9.17) is 4.74 Å². The van der Waals surface area contributed by atoms with Crippen LogP contribution in [0.1, 0.15) is 28.2 Å². The highest BCUT2D eigenvalue weighted by atomic mass is 32.2. The number of nitriles is 2. The molecular formula is C30H22N2O2S. The molecule has 1 spiro atoms. The molecule has 1 heterocycles. The van der Waals surface area contributed by atoms with Crippen LogP contribution < -0.4 is 0 Å². The number of thioether (sulfide) groups is 1. The van der Waals surface area contributed by atoms with E-state index in [9.17, 15) is 15.3 Å². The Hall–Kier alpha value is -3.80. The van der Waals surface area contributed by atoms with Gasteiger partial charge in [0.25, 0.3) is 0 Å². The molecule has 0 amide bonds. The summed E-state index contributed by atoms with van der Waals surface area (Å²) in [5.41, 5.74) is 1.84. The summed E-state index contributed by atoms with van der Waals surface area (Å²) < 4.78 is 5.40. The number of fused-ring (bicyclic) bond motifs is 2. The number of benzene rings is 3. The van der Waals surface area contributed by atoms with Crippen LogP contribution in [-0.4, -0.2) is 18.8 Å². The van der Waals surface area contributed by atoms with Gasteiger partial charge in [-0.25, -0.2) is 0 Å². The summed E-state index contributed by atoms with van der Waals surface area (Å²) in [6, 6.07) is 30.7. The normalized spacial score (nSPS) is 27.1. The molecule has 3 aliphatic rings. The maximum Gasteiger partial charge on any atom is 0.313 e. The lowest BCUT2D eigenvalue weighted by Crippen LogP contribution is -2.55. The number of nitrogens with zero attached hydrogens (tertiary/aromatic N) is 2. The second kappa shape index (κ2) is 7.87. The summed E-state index contributed by atoms with van der Waals surface area (Å²) in [6.07, 6.45) is 2.06. The van der Waals surface area contributed by atoms with Gasteiger partial charge in [-0.2, -0.15) is 10.5 Å². The number of carbonyl (C=O) groups excluding carboxylic acids is 1. The Kier molecular flexibility index (Phi) is 4.88. The molecule has 1 aliphatic heterocycles. The summed E-state index contributed by atoms with van der Waals surface area (Å²) in [7, 11) is 1.42. The third-order valence-corrected chi connectivity index (χ3v) is 9.30. The molecule has 0 N–H and O–H groups in total. The first-order valence-electron chi connectivity index (χ1n) is 11.6. The van der Waals surface area contributed by atoms with Gasteiger partial charge in [-0.3, -0.25) is 4.79 Å².